The van der Waals surface area contributed by atoms with Crippen LogP contribution in [-0.4, -0.2) is 15.0 Å². The van der Waals surface area contributed by atoms with Gasteiger partial charge in [0.15, 0.2) is 17.5 Å². The van der Waals surface area contributed by atoms with E-state index in [1.165, 1.54) is 11.1 Å². The molecule has 9 aromatic rings. The van der Waals surface area contributed by atoms with Crippen molar-refractivity contribution in [1.82, 2.24) is 15.0 Å². The van der Waals surface area contributed by atoms with Crippen LogP contribution >= 0.6 is 0 Å². The van der Waals surface area contributed by atoms with Crippen LogP contribution in [0.2, 0.25) is 0 Å². The van der Waals surface area contributed by atoms with E-state index in [1.54, 1.807) is 0 Å². The third kappa shape index (κ3) is 5.56. The third-order valence-electron chi connectivity index (χ3n) is 8.95. The molecule has 0 spiro atoms. The van der Waals surface area contributed by atoms with Crippen LogP contribution in [0.25, 0.3) is 89.5 Å². The largest absolute Gasteiger partial charge is 0.456 e. The van der Waals surface area contributed by atoms with E-state index in [1.807, 2.05) is 66.7 Å². The zero-order valence-electron chi connectivity index (χ0n) is 26.5. The highest BCUT2D eigenvalue weighted by molar-refractivity contribution is 6.07. The van der Waals surface area contributed by atoms with Gasteiger partial charge in [-0.2, -0.15) is 0 Å². The van der Waals surface area contributed by atoms with Gasteiger partial charge in [0.1, 0.15) is 11.2 Å². The fourth-order valence-corrected chi connectivity index (χ4v) is 6.40. The normalized spacial score (nSPS) is 11.3. The average Bonchev–Trinajstić information content (AvgIpc) is 3.56. The lowest BCUT2D eigenvalue weighted by Crippen LogP contribution is -2.00. The topological polar surface area (TPSA) is 51.8 Å². The zero-order valence-corrected chi connectivity index (χ0v) is 26.5. The Kier molecular flexibility index (Phi) is 7.10. The molecule has 230 valence electrons. The SMILES string of the molecule is c1ccc(-c2ccc(-c3ccc4c(c3)oc3cc(-c5cccc(-c6nc(-c7ccccc7)nc(-c7ccccc7)n6)c5)ccc34)cc2)cc1. The zero-order chi connectivity index (χ0) is 32.6. The molecule has 7 aromatic carbocycles. The number of hydrogen-bond donors (Lipinski definition) is 0. The predicted molar refractivity (Wildman–Crippen MR) is 200 cm³/mol. The minimum Gasteiger partial charge on any atom is -0.456 e. The lowest BCUT2D eigenvalue weighted by Gasteiger charge is -2.09. The lowest BCUT2D eigenvalue weighted by molar-refractivity contribution is 0.669. The smallest absolute Gasteiger partial charge is 0.164 e. The number of rotatable bonds is 6. The minimum atomic E-state index is 0.628. The van der Waals surface area contributed by atoms with Crippen LogP contribution in [0.5, 0.6) is 0 Å². The molecular formula is C45H29N3O. The van der Waals surface area contributed by atoms with Crippen molar-refractivity contribution in [2.45, 2.75) is 0 Å². The lowest BCUT2D eigenvalue weighted by atomic mass is 9.99. The van der Waals surface area contributed by atoms with Crippen LogP contribution in [0.4, 0.5) is 0 Å². The molecule has 4 nitrogen and oxygen atoms in total. The molecule has 0 aliphatic heterocycles. The molecule has 0 unspecified atom stereocenters. The second kappa shape index (κ2) is 12.2. The summed E-state index contributed by atoms with van der Waals surface area (Å²) >= 11 is 0. The second-order valence-corrected chi connectivity index (χ2v) is 12.1. The summed E-state index contributed by atoms with van der Waals surface area (Å²) in [7, 11) is 0. The van der Waals surface area contributed by atoms with Crippen molar-refractivity contribution in [3.05, 3.63) is 176 Å². The Morgan fingerprint density at radius 1 is 0.265 bits per heavy atom. The maximum atomic E-state index is 6.48. The maximum absolute atomic E-state index is 6.48. The van der Waals surface area contributed by atoms with Gasteiger partial charge in [0.25, 0.3) is 0 Å². The Bertz CT molecular complexity index is 2520. The molecule has 49 heavy (non-hydrogen) atoms. The Morgan fingerprint density at radius 3 is 1.14 bits per heavy atom. The molecule has 0 aliphatic rings. The van der Waals surface area contributed by atoms with Crippen molar-refractivity contribution in [3.8, 4) is 67.5 Å². The molecule has 0 saturated carbocycles. The molecule has 0 saturated heterocycles. The van der Waals surface area contributed by atoms with Gasteiger partial charge in [-0.3, -0.25) is 0 Å². The minimum absolute atomic E-state index is 0.628. The van der Waals surface area contributed by atoms with E-state index in [4.69, 9.17) is 19.4 Å². The number of benzene rings is 7. The first-order chi connectivity index (χ1) is 24.2. The third-order valence-corrected chi connectivity index (χ3v) is 8.95. The molecule has 4 heteroatoms. The van der Waals surface area contributed by atoms with Gasteiger partial charge < -0.3 is 4.42 Å². The van der Waals surface area contributed by atoms with E-state index in [2.05, 4.69) is 109 Å². The summed E-state index contributed by atoms with van der Waals surface area (Å²) in [6.07, 6.45) is 0. The molecule has 2 heterocycles. The van der Waals surface area contributed by atoms with E-state index < -0.39 is 0 Å². The Hall–Kier alpha value is -6.65. The molecule has 2 aromatic heterocycles. The van der Waals surface area contributed by atoms with Crippen LogP contribution in [0.1, 0.15) is 0 Å². The van der Waals surface area contributed by atoms with Crippen molar-refractivity contribution in [2.24, 2.45) is 0 Å². The van der Waals surface area contributed by atoms with Gasteiger partial charge in [-0.25, -0.2) is 15.0 Å². The second-order valence-electron chi connectivity index (χ2n) is 12.1. The van der Waals surface area contributed by atoms with Gasteiger partial charge in [0.2, 0.25) is 0 Å². The van der Waals surface area contributed by atoms with Crippen molar-refractivity contribution >= 4 is 21.9 Å². The van der Waals surface area contributed by atoms with Gasteiger partial charge in [-0.1, -0.05) is 146 Å². The Labute approximate surface area is 284 Å². The summed E-state index contributed by atoms with van der Waals surface area (Å²) in [4.78, 5) is 14.7. The summed E-state index contributed by atoms with van der Waals surface area (Å²) in [5, 5.41) is 2.20. The number of furan rings is 1. The van der Waals surface area contributed by atoms with E-state index >= 15 is 0 Å². The molecule has 0 N–H and O–H groups in total. The maximum Gasteiger partial charge on any atom is 0.164 e. The van der Waals surface area contributed by atoms with Crippen LogP contribution in [0, 0.1) is 0 Å². The fraction of sp³-hybridized carbons (Fsp3) is 0. The summed E-state index contributed by atoms with van der Waals surface area (Å²) in [5.41, 5.74) is 11.4. The molecule has 0 aliphatic carbocycles. The van der Waals surface area contributed by atoms with Crippen molar-refractivity contribution in [3.63, 3.8) is 0 Å². The van der Waals surface area contributed by atoms with Crippen LogP contribution < -0.4 is 0 Å². The van der Waals surface area contributed by atoms with Crippen molar-refractivity contribution in [2.75, 3.05) is 0 Å². The first-order valence-electron chi connectivity index (χ1n) is 16.4. The average molecular weight is 628 g/mol. The van der Waals surface area contributed by atoms with Gasteiger partial charge >= 0.3 is 0 Å². The van der Waals surface area contributed by atoms with Crippen LogP contribution in [0.15, 0.2) is 180 Å². The van der Waals surface area contributed by atoms with E-state index in [0.717, 1.165) is 60.9 Å². The molecular weight excluding hydrogens is 599 g/mol. The van der Waals surface area contributed by atoms with E-state index in [9.17, 15) is 0 Å². The van der Waals surface area contributed by atoms with Gasteiger partial charge in [-0.05, 0) is 63.7 Å². The highest BCUT2D eigenvalue weighted by Gasteiger charge is 2.14. The number of nitrogens with zero attached hydrogens (tertiary/aromatic N) is 3. The van der Waals surface area contributed by atoms with Gasteiger partial charge in [0, 0.05) is 27.5 Å². The fourth-order valence-electron chi connectivity index (χ4n) is 6.40. The quantitative estimate of drug-likeness (QED) is 0.184. The van der Waals surface area contributed by atoms with E-state index in [-0.39, 0.29) is 0 Å². The summed E-state index contributed by atoms with van der Waals surface area (Å²) in [6, 6.07) is 60.5. The van der Waals surface area contributed by atoms with Crippen molar-refractivity contribution < 1.29 is 4.42 Å². The van der Waals surface area contributed by atoms with Gasteiger partial charge in [-0.15, -0.1) is 0 Å². The highest BCUT2D eigenvalue weighted by atomic mass is 16.3. The van der Waals surface area contributed by atoms with Crippen LogP contribution in [-0.2, 0) is 0 Å². The molecule has 0 radical (unpaired) electrons. The molecule has 0 atom stereocenters. The highest BCUT2D eigenvalue weighted by Crippen LogP contribution is 2.36. The number of aromatic nitrogens is 3. The van der Waals surface area contributed by atoms with Gasteiger partial charge in [0.05, 0.1) is 0 Å². The number of fused-ring (bicyclic) bond motifs is 3. The van der Waals surface area contributed by atoms with E-state index in [0.29, 0.717) is 17.5 Å². The van der Waals surface area contributed by atoms with Crippen molar-refractivity contribution in [1.29, 1.82) is 0 Å². The number of hydrogen-bond acceptors (Lipinski definition) is 4. The molecule has 0 fully saturated rings. The summed E-state index contributed by atoms with van der Waals surface area (Å²) in [6.45, 7) is 0. The first-order valence-corrected chi connectivity index (χ1v) is 16.4. The summed E-state index contributed by atoms with van der Waals surface area (Å²) < 4.78 is 6.48. The Morgan fingerprint density at radius 2 is 0.612 bits per heavy atom. The monoisotopic (exact) mass is 627 g/mol. The Balaban J connectivity index is 1.06. The molecule has 0 bridgehead atoms. The standard InChI is InChI=1S/C45H29N3O/c1-4-11-30(12-5-1)31-19-21-32(22-20-31)36-23-25-39-40-26-24-37(29-42(40)49-41(39)28-36)35-17-10-18-38(27-35)45-47-43(33-13-6-2-7-14-33)46-44(48-45)34-15-8-3-9-16-34/h1-29H. The molecule has 9 rings (SSSR count). The van der Waals surface area contributed by atoms with Crippen LogP contribution in [0.3, 0.4) is 0 Å². The molecule has 0 amide bonds. The summed E-state index contributed by atoms with van der Waals surface area (Å²) in [5.74, 6) is 1.92. The predicted octanol–water partition coefficient (Wildman–Crippen LogP) is 11.8. The first kappa shape index (κ1) is 28.6.